The standard InChI is InChI=1S/C33H33N3OS/c1-19(2)23-8-12-25(13-9-23)30-18-28(27-17-21(5)7-16-29(27)34-30)32(37)36-33-35-31(22(6)38-33)26-14-10-24(11-15-26)20(3)4/h7-20H,1-6H3,(H,35,36,37). The molecule has 3 aromatic carbocycles. The molecule has 0 radical (unpaired) electrons. The fourth-order valence-electron chi connectivity index (χ4n) is 4.62. The van der Waals surface area contributed by atoms with E-state index in [4.69, 9.17) is 9.97 Å². The first-order chi connectivity index (χ1) is 18.2. The van der Waals surface area contributed by atoms with Gasteiger partial charge in [-0.1, -0.05) is 87.9 Å². The lowest BCUT2D eigenvalue weighted by Crippen LogP contribution is -2.13. The second-order valence-electron chi connectivity index (χ2n) is 10.5. The average molecular weight is 520 g/mol. The number of pyridine rings is 1. The summed E-state index contributed by atoms with van der Waals surface area (Å²) in [6, 6.07) is 24.9. The predicted molar refractivity (Wildman–Crippen MR) is 160 cm³/mol. The van der Waals surface area contributed by atoms with E-state index in [-0.39, 0.29) is 5.91 Å². The molecule has 0 aliphatic rings. The van der Waals surface area contributed by atoms with Gasteiger partial charge in [0.05, 0.1) is 22.5 Å². The van der Waals surface area contributed by atoms with Gasteiger partial charge in [-0.25, -0.2) is 9.97 Å². The van der Waals surface area contributed by atoms with Crippen LogP contribution in [0.3, 0.4) is 0 Å². The van der Waals surface area contributed by atoms with Crippen molar-refractivity contribution in [3.05, 3.63) is 99.9 Å². The molecule has 2 heterocycles. The number of carbonyl (C=O) groups is 1. The van der Waals surface area contributed by atoms with Crippen molar-refractivity contribution in [1.82, 2.24) is 9.97 Å². The summed E-state index contributed by atoms with van der Waals surface area (Å²) in [6.45, 7) is 12.8. The Morgan fingerprint density at radius 1 is 0.763 bits per heavy atom. The van der Waals surface area contributed by atoms with E-state index in [1.54, 1.807) is 0 Å². The highest BCUT2D eigenvalue weighted by molar-refractivity contribution is 7.16. The molecule has 0 spiro atoms. The molecular formula is C33H33N3OS. The largest absolute Gasteiger partial charge is 0.298 e. The zero-order chi connectivity index (χ0) is 27.0. The van der Waals surface area contributed by atoms with Crippen molar-refractivity contribution < 1.29 is 4.79 Å². The summed E-state index contributed by atoms with van der Waals surface area (Å²) >= 11 is 1.50. The third kappa shape index (κ3) is 5.25. The number of hydrogen-bond acceptors (Lipinski definition) is 4. The van der Waals surface area contributed by atoms with E-state index >= 15 is 0 Å². The Morgan fingerprint density at radius 2 is 1.37 bits per heavy atom. The molecule has 0 saturated heterocycles. The number of nitrogens with one attached hydrogen (secondary N) is 1. The van der Waals surface area contributed by atoms with Gasteiger partial charge in [-0.05, 0) is 55.0 Å². The Bertz CT molecular complexity index is 1610. The Balaban J connectivity index is 1.49. The quantitative estimate of drug-likeness (QED) is 0.243. The number of aryl methyl sites for hydroxylation is 2. The Morgan fingerprint density at radius 3 is 1.97 bits per heavy atom. The van der Waals surface area contributed by atoms with Crippen molar-refractivity contribution in [3.63, 3.8) is 0 Å². The van der Waals surface area contributed by atoms with E-state index in [1.807, 2.05) is 38.1 Å². The highest BCUT2D eigenvalue weighted by Gasteiger charge is 2.18. The highest BCUT2D eigenvalue weighted by atomic mass is 32.1. The van der Waals surface area contributed by atoms with Crippen LogP contribution in [-0.4, -0.2) is 15.9 Å². The van der Waals surface area contributed by atoms with Crippen LogP contribution in [-0.2, 0) is 0 Å². The lowest BCUT2D eigenvalue weighted by Gasteiger charge is -2.11. The fourth-order valence-corrected chi connectivity index (χ4v) is 5.45. The first-order valence-electron chi connectivity index (χ1n) is 13.1. The second-order valence-corrected chi connectivity index (χ2v) is 11.7. The smallest absolute Gasteiger partial charge is 0.258 e. The second kappa shape index (κ2) is 10.5. The molecule has 0 fully saturated rings. The van der Waals surface area contributed by atoms with Crippen LogP contribution in [0, 0.1) is 13.8 Å². The van der Waals surface area contributed by atoms with Gasteiger partial charge < -0.3 is 0 Å². The van der Waals surface area contributed by atoms with E-state index in [2.05, 4.69) is 81.5 Å². The van der Waals surface area contributed by atoms with E-state index in [1.165, 1.54) is 22.5 Å². The van der Waals surface area contributed by atoms with E-state index < -0.39 is 0 Å². The number of hydrogen-bond donors (Lipinski definition) is 1. The first-order valence-corrected chi connectivity index (χ1v) is 13.9. The SMILES string of the molecule is Cc1ccc2nc(-c3ccc(C(C)C)cc3)cc(C(=O)Nc3nc(-c4ccc(C(C)C)cc4)c(C)s3)c2c1. The van der Waals surface area contributed by atoms with Crippen molar-refractivity contribution in [1.29, 1.82) is 0 Å². The maximum atomic E-state index is 13.7. The molecule has 0 saturated carbocycles. The highest BCUT2D eigenvalue weighted by Crippen LogP contribution is 2.33. The van der Waals surface area contributed by atoms with Crippen molar-refractivity contribution in [2.24, 2.45) is 0 Å². The van der Waals surface area contributed by atoms with E-state index in [0.29, 0.717) is 22.5 Å². The maximum Gasteiger partial charge on any atom is 0.258 e. The Labute approximate surface area is 228 Å². The lowest BCUT2D eigenvalue weighted by molar-refractivity contribution is 0.102. The van der Waals surface area contributed by atoms with Crippen LogP contribution < -0.4 is 5.32 Å². The number of benzene rings is 3. The minimum atomic E-state index is -0.182. The van der Waals surface area contributed by atoms with Crippen LogP contribution in [0.15, 0.2) is 72.8 Å². The summed E-state index contributed by atoms with van der Waals surface area (Å²) in [7, 11) is 0. The monoisotopic (exact) mass is 519 g/mol. The van der Waals surface area contributed by atoms with Crippen LogP contribution in [0.1, 0.15) is 71.5 Å². The number of amides is 1. The molecule has 2 aromatic heterocycles. The molecule has 0 atom stereocenters. The molecule has 38 heavy (non-hydrogen) atoms. The molecule has 1 N–H and O–H groups in total. The van der Waals surface area contributed by atoms with Gasteiger partial charge in [0.1, 0.15) is 0 Å². The molecular weight excluding hydrogens is 486 g/mol. The first kappa shape index (κ1) is 25.8. The van der Waals surface area contributed by atoms with E-state index in [9.17, 15) is 4.79 Å². The molecule has 0 bridgehead atoms. The van der Waals surface area contributed by atoms with Gasteiger partial charge in [0.2, 0.25) is 0 Å². The van der Waals surface area contributed by atoms with Gasteiger partial charge in [-0.15, -0.1) is 11.3 Å². The number of anilines is 1. The zero-order valence-electron chi connectivity index (χ0n) is 22.8. The van der Waals surface area contributed by atoms with Gasteiger partial charge in [0.15, 0.2) is 5.13 Å². The molecule has 5 heteroatoms. The van der Waals surface area contributed by atoms with Crippen LogP contribution >= 0.6 is 11.3 Å². The van der Waals surface area contributed by atoms with E-state index in [0.717, 1.165) is 43.9 Å². The zero-order valence-corrected chi connectivity index (χ0v) is 23.6. The van der Waals surface area contributed by atoms with Gasteiger partial charge in [-0.2, -0.15) is 0 Å². The van der Waals surface area contributed by atoms with Gasteiger partial charge in [0, 0.05) is 21.4 Å². The summed E-state index contributed by atoms with van der Waals surface area (Å²) in [5.41, 5.74) is 8.78. The molecule has 192 valence electrons. The summed E-state index contributed by atoms with van der Waals surface area (Å²) in [6.07, 6.45) is 0. The van der Waals surface area contributed by atoms with Crippen molar-refractivity contribution in [2.75, 3.05) is 5.32 Å². The molecule has 0 aliphatic heterocycles. The number of nitrogens with zero attached hydrogens (tertiary/aromatic N) is 2. The maximum absolute atomic E-state index is 13.7. The number of fused-ring (bicyclic) bond motifs is 1. The summed E-state index contributed by atoms with van der Waals surface area (Å²) < 4.78 is 0. The third-order valence-corrected chi connectivity index (χ3v) is 7.84. The van der Waals surface area contributed by atoms with Crippen LogP contribution in [0.4, 0.5) is 5.13 Å². The molecule has 0 unspecified atom stereocenters. The average Bonchev–Trinajstić information content (AvgIpc) is 3.27. The van der Waals surface area contributed by atoms with Gasteiger partial charge in [-0.3, -0.25) is 10.1 Å². The molecule has 0 aliphatic carbocycles. The van der Waals surface area contributed by atoms with Crippen LogP contribution in [0.2, 0.25) is 0 Å². The minimum absolute atomic E-state index is 0.182. The fraction of sp³-hybridized carbons (Fsp3) is 0.242. The summed E-state index contributed by atoms with van der Waals surface area (Å²) in [5, 5.41) is 4.50. The summed E-state index contributed by atoms with van der Waals surface area (Å²) in [5.74, 6) is 0.753. The molecule has 5 rings (SSSR count). The molecule has 5 aromatic rings. The molecule has 1 amide bonds. The number of thiazole rings is 1. The third-order valence-electron chi connectivity index (χ3n) is 6.95. The number of carbonyl (C=O) groups excluding carboxylic acids is 1. The van der Waals surface area contributed by atoms with Crippen molar-refractivity contribution in [2.45, 2.75) is 53.4 Å². The predicted octanol–water partition coefficient (Wildman–Crippen LogP) is 9.14. The minimum Gasteiger partial charge on any atom is -0.298 e. The Hall–Kier alpha value is -3.83. The van der Waals surface area contributed by atoms with Crippen molar-refractivity contribution >= 4 is 33.3 Å². The summed E-state index contributed by atoms with van der Waals surface area (Å²) in [4.78, 5) is 24.4. The Kier molecular flexibility index (Phi) is 7.13. The van der Waals surface area contributed by atoms with Crippen LogP contribution in [0.5, 0.6) is 0 Å². The topological polar surface area (TPSA) is 54.9 Å². The van der Waals surface area contributed by atoms with Gasteiger partial charge in [0.25, 0.3) is 5.91 Å². The number of rotatable bonds is 6. The lowest BCUT2D eigenvalue weighted by atomic mass is 9.98. The van der Waals surface area contributed by atoms with Crippen LogP contribution in [0.25, 0.3) is 33.4 Å². The van der Waals surface area contributed by atoms with Crippen molar-refractivity contribution in [3.8, 4) is 22.5 Å². The normalized spacial score (nSPS) is 11.5. The van der Waals surface area contributed by atoms with Gasteiger partial charge >= 0.3 is 0 Å². The number of aromatic nitrogens is 2. The molecule has 4 nitrogen and oxygen atoms in total.